The van der Waals surface area contributed by atoms with E-state index >= 15 is 0 Å². The first kappa shape index (κ1) is 9.45. The highest BCUT2D eigenvalue weighted by Crippen LogP contribution is 2.17. The molecule has 0 aliphatic heterocycles. The van der Waals surface area contributed by atoms with Crippen LogP contribution < -0.4 is 5.11 Å². The molecule has 0 spiro atoms. The zero-order valence-corrected chi connectivity index (χ0v) is 8.01. The fourth-order valence-electron chi connectivity index (χ4n) is 1.18. The number of aryl methyl sites for hydroxylation is 1. The van der Waals surface area contributed by atoms with Crippen molar-refractivity contribution in [1.29, 1.82) is 0 Å². The third kappa shape index (κ3) is 1.74. The van der Waals surface area contributed by atoms with Crippen molar-refractivity contribution in [2.24, 2.45) is 0 Å². The van der Waals surface area contributed by atoms with Gasteiger partial charge in [0.25, 0.3) is 0 Å². The maximum atomic E-state index is 10.4. The highest BCUT2D eigenvalue weighted by atomic mass is 16.5. The number of carboxylic acid groups (broad SMARTS) is 1. The van der Waals surface area contributed by atoms with Crippen molar-refractivity contribution < 1.29 is 14.4 Å². The van der Waals surface area contributed by atoms with Crippen LogP contribution in [0.2, 0.25) is 0 Å². The van der Waals surface area contributed by atoms with Gasteiger partial charge in [0.15, 0.2) is 5.76 Å². The summed E-state index contributed by atoms with van der Waals surface area (Å²) in [5.41, 5.74) is 1.15. The Hall–Kier alpha value is -2.11. The highest BCUT2D eigenvalue weighted by Gasteiger charge is 2.08. The molecule has 78 valence electrons. The van der Waals surface area contributed by atoms with E-state index in [2.05, 4.69) is 14.8 Å². The lowest BCUT2D eigenvalue weighted by Gasteiger charge is -1.90. The van der Waals surface area contributed by atoms with Crippen molar-refractivity contribution >= 4 is 5.97 Å². The molecule has 2 rings (SSSR count). The second kappa shape index (κ2) is 3.56. The van der Waals surface area contributed by atoms with Crippen LogP contribution in [-0.2, 0) is 6.54 Å². The summed E-state index contributed by atoms with van der Waals surface area (Å²) in [5.74, 6) is -1.66. The smallest absolute Gasteiger partial charge is 0.182 e. The number of carbonyl (C=O) groups excluding carboxylic acids is 1. The zero-order valence-electron chi connectivity index (χ0n) is 8.01. The molecule has 0 aromatic carbocycles. The Balaban J connectivity index is 2.32. The maximum Gasteiger partial charge on any atom is 0.182 e. The molecule has 0 aliphatic rings. The number of carbonyl (C=O) groups is 1. The summed E-state index contributed by atoms with van der Waals surface area (Å²) in [7, 11) is 0. The average molecular weight is 206 g/mol. The molecule has 0 saturated heterocycles. The first-order valence-corrected chi connectivity index (χ1v) is 4.41. The van der Waals surface area contributed by atoms with Gasteiger partial charge in [0.1, 0.15) is 11.7 Å². The third-order valence-electron chi connectivity index (χ3n) is 1.96. The number of rotatable bonds is 3. The van der Waals surface area contributed by atoms with Crippen LogP contribution in [0.3, 0.4) is 0 Å². The number of hydrogen-bond acceptors (Lipinski definition) is 5. The predicted molar refractivity (Wildman–Crippen MR) is 47.7 cm³/mol. The first-order chi connectivity index (χ1) is 7.20. The minimum atomic E-state index is -1.38. The Bertz CT molecular complexity index is 486. The van der Waals surface area contributed by atoms with Gasteiger partial charge < -0.3 is 14.4 Å². The minimum absolute atomic E-state index is 0.283. The van der Waals surface area contributed by atoms with Gasteiger partial charge in [0.05, 0.1) is 6.20 Å². The Kier molecular flexibility index (Phi) is 2.24. The Morgan fingerprint density at radius 1 is 1.67 bits per heavy atom. The topological polar surface area (TPSA) is 84.0 Å². The molecule has 0 saturated carbocycles. The normalized spacial score (nSPS) is 10.5. The van der Waals surface area contributed by atoms with E-state index in [9.17, 15) is 9.90 Å². The number of nitrogens with zero attached hydrogens (tertiary/aromatic N) is 3. The molecule has 0 bridgehead atoms. The van der Waals surface area contributed by atoms with Gasteiger partial charge in [0, 0.05) is 24.4 Å². The third-order valence-corrected chi connectivity index (χ3v) is 1.96. The molecule has 0 amide bonds. The summed E-state index contributed by atoms with van der Waals surface area (Å²) < 4.78 is 6.29. The molecule has 2 aromatic rings. The van der Waals surface area contributed by atoms with Crippen LogP contribution in [0.25, 0.3) is 11.3 Å². The molecule has 0 atom stereocenters. The molecule has 0 fully saturated rings. The predicted octanol–water partition coefficient (Wildman–Crippen LogP) is -0.0785. The van der Waals surface area contributed by atoms with E-state index < -0.39 is 5.97 Å². The monoisotopic (exact) mass is 206 g/mol. The van der Waals surface area contributed by atoms with Crippen LogP contribution in [-0.4, -0.2) is 20.9 Å². The average Bonchev–Trinajstić information content (AvgIpc) is 2.86. The largest absolute Gasteiger partial charge is 0.541 e. The van der Waals surface area contributed by atoms with Gasteiger partial charge in [-0.05, 0) is 6.92 Å². The summed E-state index contributed by atoms with van der Waals surface area (Å²) in [5, 5.41) is 18.1. The highest BCUT2D eigenvalue weighted by molar-refractivity contribution is 5.83. The van der Waals surface area contributed by atoms with Crippen molar-refractivity contribution in [3.63, 3.8) is 0 Å². The SMILES string of the molecule is CCn1cc(-c2cc(C(=O)[O-])on2)cn1. The molecule has 2 heterocycles. The molecule has 15 heavy (non-hydrogen) atoms. The summed E-state index contributed by atoms with van der Waals surface area (Å²) in [6.45, 7) is 2.69. The number of aromatic nitrogens is 3. The van der Waals surface area contributed by atoms with Gasteiger partial charge >= 0.3 is 0 Å². The first-order valence-electron chi connectivity index (χ1n) is 4.41. The molecule has 2 aromatic heterocycles. The zero-order chi connectivity index (χ0) is 10.8. The van der Waals surface area contributed by atoms with E-state index in [0.29, 0.717) is 11.3 Å². The standard InChI is InChI=1S/C9H9N3O3/c1-2-12-5-6(4-10-12)7-3-8(9(13)14)15-11-7/h3-5H,2H2,1H3,(H,13,14)/p-1. The number of aromatic carboxylic acids is 1. The van der Waals surface area contributed by atoms with Gasteiger partial charge in [-0.15, -0.1) is 0 Å². The van der Waals surface area contributed by atoms with Gasteiger partial charge in [-0.1, -0.05) is 5.16 Å². The molecule has 0 aliphatic carbocycles. The second-order valence-electron chi connectivity index (χ2n) is 2.95. The number of hydrogen-bond donors (Lipinski definition) is 0. The van der Waals surface area contributed by atoms with Gasteiger partial charge in [0.2, 0.25) is 0 Å². The lowest BCUT2D eigenvalue weighted by Crippen LogP contribution is -2.21. The van der Waals surface area contributed by atoms with Crippen LogP contribution in [0.15, 0.2) is 23.0 Å². The van der Waals surface area contributed by atoms with E-state index in [0.717, 1.165) is 6.54 Å². The summed E-state index contributed by atoms with van der Waals surface area (Å²) in [6, 6.07) is 1.31. The molecular weight excluding hydrogens is 198 g/mol. The Labute approximate surface area is 85.1 Å². The van der Waals surface area contributed by atoms with E-state index in [1.807, 2.05) is 6.92 Å². The second-order valence-corrected chi connectivity index (χ2v) is 2.95. The molecule has 0 N–H and O–H groups in total. The quantitative estimate of drug-likeness (QED) is 0.701. The minimum Gasteiger partial charge on any atom is -0.541 e. The fourth-order valence-corrected chi connectivity index (χ4v) is 1.18. The van der Waals surface area contributed by atoms with Crippen molar-refractivity contribution in [1.82, 2.24) is 14.9 Å². The van der Waals surface area contributed by atoms with Crippen LogP contribution in [0.5, 0.6) is 0 Å². The molecule has 6 heteroatoms. The van der Waals surface area contributed by atoms with Crippen molar-refractivity contribution in [3.05, 3.63) is 24.2 Å². The Morgan fingerprint density at radius 3 is 3.00 bits per heavy atom. The van der Waals surface area contributed by atoms with Crippen LogP contribution in [0.4, 0.5) is 0 Å². The van der Waals surface area contributed by atoms with E-state index in [4.69, 9.17) is 0 Å². The molecule has 6 nitrogen and oxygen atoms in total. The molecule has 0 radical (unpaired) electrons. The number of carboxylic acids is 1. The van der Waals surface area contributed by atoms with Crippen LogP contribution in [0, 0.1) is 0 Å². The summed E-state index contributed by atoms with van der Waals surface area (Å²) >= 11 is 0. The molecule has 0 unspecified atom stereocenters. The van der Waals surface area contributed by atoms with Crippen LogP contribution in [0.1, 0.15) is 17.5 Å². The maximum absolute atomic E-state index is 10.4. The van der Waals surface area contributed by atoms with E-state index in [-0.39, 0.29) is 5.76 Å². The lowest BCUT2D eigenvalue weighted by atomic mass is 10.2. The Morgan fingerprint density at radius 2 is 2.47 bits per heavy atom. The van der Waals surface area contributed by atoms with Gasteiger partial charge in [-0.25, -0.2) is 0 Å². The fraction of sp³-hybridized carbons (Fsp3) is 0.222. The van der Waals surface area contributed by atoms with Crippen molar-refractivity contribution in [2.75, 3.05) is 0 Å². The van der Waals surface area contributed by atoms with Crippen molar-refractivity contribution in [3.8, 4) is 11.3 Å². The summed E-state index contributed by atoms with van der Waals surface area (Å²) in [4.78, 5) is 10.4. The van der Waals surface area contributed by atoms with E-state index in [1.165, 1.54) is 6.07 Å². The van der Waals surface area contributed by atoms with Crippen molar-refractivity contribution in [2.45, 2.75) is 13.5 Å². The van der Waals surface area contributed by atoms with Crippen LogP contribution >= 0.6 is 0 Å². The van der Waals surface area contributed by atoms with Gasteiger partial charge in [-0.2, -0.15) is 5.10 Å². The molecular formula is C9H8N3O3-. The summed E-state index contributed by atoms with van der Waals surface area (Å²) in [6.07, 6.45) is 3.36. The van der Waals surface area contributed by atoms with E-state index in [1.54, 1.807) is 17.1 Å². The lowest BCUT2D eigenvalue weighted by molar-refractivity contribution is -0.257. The van der Waals surface area contributed by atoms with Gasteiger partial charge in [-0.3, -0.25) is 4.68 Å².